The van der Waals surface area contributed by atoms with Crippen LogP contribution in [-0.2, 0) is 0 Å². The molecule has 13 heavy (non-hydrogen) atoms. The van der Waals surface area contributed by atoms with Gasteiger partial charge in [-0.25, -0.2) is 0 Å². The second kappa shape index (κ2) is 3.97. The fourth-order valence-corrected chi connectivity index (χ4v) is 3.18. The molecule has 0 saturated heterocycles. The molecular formula is C11H20O2. The highest BCUT2D eigenvalue weighted by Crippen LogP contribution is 2.43. The average Bonchev–Trinajstić information content (AvgIpc) is 2.17. The zero-order valence-electron chi connectivity index (χ0n) is 8.15. The number of aliphatic hydroxyl groups excluding tert-OH is 1. The van der Waals surface area contributed by atoms with Crippen LogP contribution in [0.1, 0.15) is 44.9 Å². The molecule has 2 rings (SSSR count). The van der Waals surface area contributed by atoms with Gasteiger partial charge in [0.25, 0.3) is 0 Å². The molecule has 0 radical (unpaired) electrons. The molecule has 3 unspecified atom stereocenters. The molecule has 0 spiro atoms. The standard InChI is InChI=1S/C11H20O2/c12-11(13)10-6-5-8-3-1-2-4-9(8)7-10/h8-13H,1-7H2. The van der Waals surface area contributed by atoms with Crippen molar-refractivity contribution in [2.75, 3.05) is 0 Å². The summed E-state index contributed by atoms with van der Waals surface area (Å²) < 4.78 is 0. The Hall–Kier alpha value is -0.0800. The Labute approximate surface area is 80.0 Å². The van der Waals surface area contributed by atoms with Crippen molar-refractivity contribution < 1.29 is 10.2 Å². The fraction of sp³-hybridized carbons (Fsp3) is 1.00. The molecule has 0 amide bonds. The van der Waals surface area contributed by atoms with Crippen molar-refractivity contribution in [1.82, 2.24) is 0 Å². The molecule has 2 aliphatic rings. The molecule has 2 aliphatic carbocycles. The van der Waals surface area contributed by atoms with Crippen LogP contribution in [0.3, 0.4) is 0 Å². The first-order valence-electron chi connectivity index (χ1n) is 5.63. The van der Waals surface area contributed by atoms with Gasteiger partial charge in [0.15, 0.2) is 6.29 Å². The Morgan fingerprint density at radius 2 is 1.54 bits per heavy atom. The summed E-state index contributed by atoms with van der Waals surface area (Å²) in [7, 11) is 0. The van der Waals surface area contributed by atoms with E-state index in [2.05, 4.69) is 0 Å². The lowest BCUT2D eigenvalue weighted by molar-refractivity contribution is -0.106. The lowest BCUT2D eigenvalue weighted by Crippen LogP contribution is -2.33. The molecule has 2 heteroatoms. The van der Waals surface area contributed by atoms with E-state index in [1.165, 1.54) is 32.1 Å². The quantitative estimate of drug-likeness (QED) is 0.611. The Morgan fingerprint density at radius 1 is 0.846 bits per heavy atom. The largest absolute Gasteiger partial charge is 0.368 e. The summed E-state index contributed by atoms with van der Waals surface area (Å²) in [5.41, 5.74) is 0. The lowest BCUT2D eigenvalue weighted by atomic mass is 9.67. The average molecular weight is 184 g/mol. The van der Waals surface area contributed by atoms with Crippen LogP contribution in [0.15, 0.2) is 0 Å². The zero-order valence-corrected chi connectivity index (χ0v) is 8.15. The van der Waals surface area contributed by atoms with Crippen LogP contribution in [0.25, 0.3) is 0 Å². The van der Waals surface area contributed by atoms with Crippen molar-refractivity contribution in [3.8, 4) is 0 Å². The predicted molar refractivity (Wildman–Crippen MR) is 51.0 cm³/mol. The van der Waals surface area contributed by atoms with Gasteiger partial charge in [0.2, 0.25) is 0 Å². The van der Waals surface area contributed by atoms with Crippen LogP contribution in [-0.4, -0.2) is 16.5 Å². The van der Waals surface area contributed by atoms with Crippen LogP contribution >= 0.6 is 0 Å². The van der Waals surface area contributed by atoms with Gasteiger partial charge >= 0.3 is 0 Å². The number of fused-ring (bicyclic) bond motifs is 1. The molecule has 76 valence electrons. The molecule has 2 fully saturated rings. The molecule has 0 aliphatic heterocycles. The van der Waals surface area contributed by atoms with Crippen LogP contribution in [0.4, 0.5) is 0 Å². The predicted octanol–water partition coefficient (Wildman–Crippen LogP) is 1.90. The molecule has 2 nitrogen and oxygen atoms in total. The maximum Gasteiger partial charge on any atom is 0.154 e. The van der Waals surface area contributed by atoms with Gasteiger partial charge in [0.05, 0.1) is 0 Å². The Morgan fingerprint density at radius 3 is 2.23 bits per heavy atom. The van der Waals surface area contributed by atoms with Gasteiger partial charge in [0, 0.05) is 5.92 Å². The summed E-state index contributed by atoms with van der Waals surface area (Å²) >= 11 is 0. The van der Waals surface area contributed by atoms with Crippen LogP contribution in [0.2, 0.25) is 0 Å². The van der Waals surface area contributed by atoms with Crippen molar-refractivity contribution >= 4 is 0 Å². The molecule has 2 saturated carbocycles. The zero-order chi connectivity index (χ0) is 9.26. The second-order valence-corrected chi connectivity index (χ2v) is 4.79. The molecule has 0 aromatic carbocycles. The molecular weight excluding hydrogens is 164 g/mol. The Kier molecular flexibility index (Phi) is 2.89. The van der Waals surface area contributed by atoms with E-state index < -0.39 is 6.29 Å². The minimum Gasteiger partial charge on any atom is -0.368 e. The third kappa shape index (κ3) is 2.05. The van der Waals surface area contributed by atoms with Crippen molar-refractivity contribution in [2.45, 2.75) is 51.2 Å². The summed E-state index contributed by atoms with van der Waals surface area (Å²) in [4.78, 5) is 0. The molecule has 0 bridgehead atoms. The summed E-state index contributed by atoms with van der Waals surface area (Å²) in [6.07, 6.45) is 7.71. The number of rotatable bonds is 1. The first-order valence-corrected chi connectivity index (χ1v) is 5.63. The number of hydrogen-bond acceptors (Lipinski definition) is 2. The molecule has 0 aromatic heterocycles. The van der Waals surface area contributed by atoms with Crippen molar-refractivity contribution in [2.24, 2.45) is 17.8 Å². The van der Waals surface area contributed by atoms with E-state index >= 15 is 0 Å². The normalized spacial score (nSPS) is 40.4. The van der Waals surface area contributed by atoms with Crippen molar-refractivity contribution in [1.29, 1.82) is 0 Å². The summed E-state index contributed by atoms with van der Waals surface area (Å²) in [6.45, 7) is 0. The van der Waals surface area contributed by atoms with E-state index in [1.54, 1.807) is 0 Å². The van der Waals surface area contributed by atoms with E-state index in [0.717, 1.165) is 24.7 Å². The van der Waals surface area contributed by atoms with Crippen molar-refractivity contribution in [3.63, 3.8) is 0 Å². The van der Waals surface area contributed by atoms with Crippen LogP contribution in [0, 0.1) is 17.8 Å². The summed E-state index contributed by atoms with van der Waals surface area (Å²) in [6, 6.07) is 0. The maximum absolute atomic E-state index is 9.12. The number of hydrogen-bond donors (Lipinski definition) is 2. The first kappa shape index (κ1) is 9.47. The molecule has 0 heterocycles. The van der Waals surface area contributed by atoms with Gasteiger partial charge in [-0.3, -0.25) is 0 Å². The van der Waals surface area contributed by atoms with E-state index in [9.17, 15) is 0 Å². The highest BCUT2D eigenvalue weighted by molar-refractivity contribution is 4.83. The fourth-order valence-electron chi connectivity index (χ4n) is 3.18. The van der Waals surface area contributed by atoms with Crippen LogP contribution in [0.5, 0.6) is 0 Å². The lowest BCUT2D eigenvalue weighted by Gasteiger charge is -2.39. The molecule has 0 aromatic rings. The summed E-state index contributed by atoms with van der Waals surface area (Å²) in [5, 5.41) is 18.2. The highest BCUT2D eigenvalue weighted by Gasteiger charge is 2.34. The second-order valence-electron chi connectivity index (χ2n) is 4.79. The number of aliphatic hydroxyl groups is 2. The topological polar surface area (TPSA) is 40.5 Å². The van der Waals surface area contributed by atoms with Gasteiger partial charge in [-0.15, -0.1) is 0 Å². The maximum atomic E-state index is 9.12. The van der Waals surface area contributed by atoms with Crippen LogP contribution < -0.4 is 0 Å². The van der Waals surface area contributed by atoms with Gasteiger partial charge in [0.1, 0.15) is 0 Å². The third-order valence-corrected chi connectivity index (χ3v) is 4.00. The molecule has 2 N–H and O–H groups in total. The first-order chi connectivity index (χ1) is 6.27. The van der Waals surface area contributed by atoms with Gasteiger partial charge in [-0.2, -0.15) is 0 Å². The summed E-state index contributed by atoms with van der Waals surface area (Å²) in [5.74, 6) is 1.87. The smallest absolute Gasteiger partial charge is 0.154 e. The Balaban J connectivity index is 1.91. The minimum atomic E-state index is -1.07. The van der Waals surface area contributed by atoms with E-state index in [1.807, 2.05) is 0 Å². The van der Waals surface area contributed by atoms with Gasteiger partial charge in [-0.1, -0.05) is 25.7 Å². The Bertz CT molecular complexity index is 167. The van der Waals surface area contributed by atoms with Gasteiger partial charge < -0.3 is 10.2 Å². The SMILES string of the molecule is OC(O)C1CCC2CCCCC2C1. The van der Waals surface area contributed by atoms with Gasteiger partial charge in [-0.05, 0) is 31.1 Å². The van der Waals surface area contributed by atoms with E-state index in [4.69, 9.17) is 10.2 Å². The third-order valence-electron chi connectivity index (χ3n) is 4.00. The minimum absolute atomic E-state index is 0.166. The van der Waals surface area contributed by atoms with E-state index in [-0.39, 0.29) is 5.92 Å². The van der Waals surface area contributed by atoms with Crippen molar-refractivity contribution in [3.05, 3.63) is 0 Å². The monoisotopic (exact) mass is 184 g/mol. The highest BCUT2D eigenvalue weighted by atomic mass is 16.5. The molecule has 3 atom stereocenters. The van der Waals surface area contributed by atoms with E-state index in [0.29, 0.717) is 0 Å².